The van der Waals surface area contributed by atoms with E-state index in [1.165, 1.54) is 0 Å². The Morgan fingerprint density at radius 3 is 2.30 bits per heavy atom. The molecular weight excluding hydrogens is 287 g/mol. The van der Waals surface area contributed by atoms with Crippen LogP contribution in [0.4, 0.5) is 4.39 Å². The van der Waals surface area contributed by atoms with Crippen LogP contribution in [0.15, 0.2) is 24.8 Å². The topological polar surface area (TPSA) is 47.6 Å². The highest BCUT2D eigenvalue weighted by molar-refractivity contribution is 5.57. The van der Waals surface area contributed by atoms with E-state index in [-0.39, 0.29) is 11.1 Å². The van der Waals surface area contributed by atoms with Crippen LogP contribution in [0.25, 0.3) is 0 Å². The second kappa shape index (κ2) is 8.91. The number of nitrogens with zero attached hydrogens (tertiary/aromatic N) is 2. The van der Waals surface area contributed by atoms with Crippen molar-refractivity contribution < 1.29 is 4.39 Å². The van der Waals surface area contributed by atoms with Gasteiger partial charge in [-0.25, -0.2) is 4.39 Å². The molecule has 3 heteroatoms. The summed E-state index contributed by atoms with van der Waals surface area (Å²) in [6.45, 7) is 11.6. The van der Waals surface area contributed by atoms with E-state index in [0.717, 1.165) is 30.4 Å². The molecule has 0 N–H and O–H groups in total. The Kier molecular flexibility index (Phi) is 7.23. The molecule has 1 aromatic rings. The lowest BCUT2D eigenvalue weighted by Gasteiger charge is -2.17. The lowest BCUT2D eigenvalue weighted by Crippen LogP contribution is -2.08. The van der Waals surface area contributed by atoms with Crippen LogP contribution >= 0.6 is 0 Å². The minimum absolute atomic E-state index is 0.139. The van der Waals surface area contributed by atoms with Gasteiger partial charge in [0.1, 0.15) is 23.5 Å². The SMILES string of the molecule is C=CCCc1c(F)c(C#N)c(C#N)c(C)c1CCC(=C)CCC. The van der Waals surface area contributed by atoms with Crippen molar-refractivity contribution in [2.75, 3.05) is 0 Å². The minimum atomic E-state index is -0.549. The van der Waals surface area contributed by atoms with Crippen molar-refractivity contribution in [2.24, 2.45) is 0 Å². The highest BCUT2D eigenvalue weighted by Gasteiger charge is 2.21. The van der Waals surface area contributed by atoms with E-state index >= 15 is 0 Å². The van der Waals surface area contributed by atoms with Crippen molar-refractivity contribution in [1.29, 1.82) is 10.5 Å². The van der Waals surface area contributed by atoms with Gasteiger partial charge in [0.25, 0.3) is 0 Å². The Hall–Kier alpha value is -2.39. The highest BCUT2D eigenvalue weighted by Crippen LogP contribution is 2.29. The maximum Gasteiger partial charge on any atom is 0.145 e. The molecular formula is C20H23FN2. The Balaban J connectivity index is 3.37. The van der Waals surface area contributed by atoms with Crippen molar-refractivity contribution in [3.8, 4) is 12.1 Å². The van der Waals surface area contributed by atoms with E-state index in [9.17, 15) is 14.9 Å². The summed E-state index contributed by atoms with van der Waals surface area (Å²) in [5, 5.41) is 18.5. The van der Waals surface area contributed by atoms with Gasteiger partial charge < -0.3 is 0 Å². The van der Waals surface area contributed by atoms with Gasteiger partial charge in [0.15, 0.2) is 0 Å². The summed E-state index contributed by atoms with van der Waals surface area (Å²) >= 11 is 0. The maximum atomic E-state index is 14.7. The van der Waals surface area contributed by atoms with Crippen molar-refractivity contribution in [2.45, 2.75) is 52.4 Å². The third-order valence-corrected chi connectivity index (χ3v) is 4.08. The standard InChI is InChI=1S/C20H23FN2/c1-5-7-9-17-16(11-10-14(3)8-6-2)15(4)18(12-22)19(13-23)20(17)21/h5H,1,3,6-11H2,2,4H3. The summed E-state index contributed by atoms with van der Waals surface area (Å²) in [6, 6.07) is 3.83. The number of hydrogen-bond acceptors (Lipinski definition) is 2. The van der Waals surface area contributed by atoms with Crippen molar-refractivity contribution in [3.05, 3.63) is 58.4 Å². The third-order valence-electron chi connectivity index (χ3n) is 4.08. The molecule has 0 aliphatic rings. The van der Waals surface area contributed by atoms with Gasteiger partial charge in [-0.05, 0) is 55.7 Å². The first-order valence-corrected chi connectivity index (χ1v) is 7.93. The Bertz CT molecular complexity index is 687. The second-order valence-corrected chi connectivity index (χ2v) is 5.70. The number of benzene rings is 1. The predicted octanol–water partition coefficient (Wildman–Crippen LogP) is 5.28. The molecule has 0 aliphatic carbocycles. The van der Waals surface area contributed by atoms with Crippen LogP contribution in [0.1, 0.15) is 60.4 Å². The molecule has 0 unspecified atom stereocenters. The summed E-state index contributed by atoms with van der Waals surface area (Å²) in [5.41, 5.74) is 3.25. The number of allylic oxidation sites excluding steroid dienone is 2. The van der Waals surface area contributed by atoms with Gasteiger partial charge in [-0.15, -0.1) is 6.58 Å². The average molecular weight is 310 g/mol. The molecule has 0 atom stereocenters. The van der Waals surface area contributed by atoms with E-state index in [4.69, 9.17) is 0 Å². The lowest BCUT2D eigenvalue weighted by atomic mass is 9.87. The second-order valence-electron chi connectivity index (χ2n) is 5.70. The number of nitriles is 2. The molecule has 0 spiro atoms. The van der Waals surface area contributed by atoms with Gasteiger partial charge in [0.2, 0.25) is 0 Å². The van der Waals surface area contributed by atoms with Crippen LogP contribution in [-0.4, -0.2) is 0 Å². The zero-order valence-corrected chi connectivity index (χ0v) is 14.0. The summed E-state index contributed by atoms with van der Waals surface area (Å²) in [4.78, 5) is 0. The zero-order valence-electron chi connectivity index (χ0n) is 14.0. The van der Waals surface area contributed by atoms with Crippen molar-refractivity contribution in [3.63, 3.8) is 0 Å². The number of halogens is 1. The molecule has 0 amide bonds. The molecule has 1 rings (SSSR count). The molecule has 0 fully saturated rings. The fraction of sp³-hybridized carbons (Fsp3) is 0.400. The molecule has 0 saturated heterocycles. The van der Waals surface area contributed by atoms with Crippen LogP contribution in [0.2, 0.25) is 0 Å². The average Bonchev–Trinajstić information content (AvgIpc) is 2.53. The number of hydrogen-bond donors (Lipinski definition) is 0. The molecule has 0 radical (unpaired) electrons. The lowest BCUT2D eigenvalue weighted by molar-refractivity contribution is 0.599. The molecule has 0 bridgehead atoms. The third kappa shape index (κ3) is 4.30. The van der Waals surface area contributed by atoms with Gasteiger partial charge in [-0.2, -0.15) is 10.5 Å². The molecule has 0 aromatic heterocycles. The monoisotopic (exact) mass is 310 g/mol. The molecule has 0 saturated carbocycles. The molecule has 23 heavy (non-hydrogen) atoms. The summed E-state index contributed by atoms with van der Waals surface area (Å²) in [7, 11) is 0. The molecule has 0 aliphatic heterocycles. The smallest absolute Gasteiger partial charge is 0.145 e. The first-order chi connectivity index (χ1) is 11.0. The van der Waals surface area contributed by atoms with Gasteiger partial charge >= 0.3 is 0 Å². The van der Waals surface area contributed by atoms with Crippen LogP contribution < -0.4 is 0 Å². The quantitative estimate of drug-likeness (QED) is 0.613. The Morgan fingerprint density at radius 2 is 1.78 bits per heavy atom. The van der Waals surface area contributed by atoms with Gasteiger partial charge in [-0.1, -0.05) is 31.6 Å². The molecule has 2 nitrogen and oxygen atoms in total. The van der Waals surface area contributed by atoms with Crippen molar-refractivity contribution in [1.82, 2.24) is 0 Å². The van der Waals surface area contributed by atoms with E-state index < -0.39 is 5.82 Å². The van der Waals surface area contributed by atoms with Crippen LogP contribution in [0.5, 0.6) is 0 Å². The van der Waals surface area contributed by atoms with Crippen LogP contribution in [0, 0.1) is 35.4 Å². The zero-order chi connectivity index (χ0) is 17.4. The summed E-state index contributed by atoms with van der Waals surface area (Å²) in [6.07, 6.45) is 6.26. The van der Waals surface area contributed by atoms with Gasteiger partial charge in [-0.3, -0.25) is 0 Å². The molecule has 0 heterocycles. The first kappa shape index (κ1) is 18.7. The minimum Gasteiger partial charge on any atom is -0.205 e. The Morgan fingerprint density at radius 1 is 1.13 bits per heavy atom. The van der Waals surface area contributed by atoms with Crippen LogP contribution in [-0.2, 0) is 12.8 Å². The van der Waals surface area contributed by atoms with E-state index in [1.54, 1.807) is 13.0 Å². The fourth-order valence-corrected chi connectivity index (χ4v) is 2.83. The summed E-state index contributed by atoms with van der Waals surface area (Å²) < 4.78 is 14.7. The first-order valence-electron chi connectivity index (χ1n) is 7.93. The molecule has 120 valence electrons. The van der Waals surface area contributed by atoms with E-state index in [2.05, 4.69) is 20.1 Å². The summed E-state index contributed by atoms with van der Waals surface area (Å²) in [5.74, 6) is -0.549. The highest BCUT2D eigenvalue weighted by atomic mass is 19.1. The maximum absolute atomic E-state index is 14.7. The fourth-order valence-electron chi connectivity index (χ4n) is 2.83. The van der Waals surface area contributed by atoms with Gasteiger partial charge in [0, 0.05) is 0 Å². The largest absolute Gasteiger partial charge is 0.205 e. The molecule has 1 aromatic carbocycles. The Labute approximate surface area is 138 Å². The van der Waals surface area contributed by atoms with E-state index in [1.807, 2.05) is 12.1 Å². The van der Waals surface area contributed by atoms with Crippen LogP contribution in [0.3, 0.4) is 0 Å². The predicted molar refractivity (Wildman–Crippen MR) is 91.5 cm³/mol. The number of rotatable bonds is 8. The normalized spacial score (nSPS) is 9.96. The van der Waals surface area contributed by atoms with Crippen molar-refractivity contribution >= 4 is 0 Å². The van der Waals surface area contributed by atoms with E-state index in [0.29, 0.717) is 30.4 Å². The van der Waals surface area contributed by atoms with Gasteiger partial charge in [0.05, 0.1) is 5.56 Å².